The Bertz CT molecular complexity index is 2080. The largest absolute Gasteiger partial charge is 0.433 e. The Kier molecular flexibility index (Phi) is 6.01. The molecule has 0 atom stereocenters. The van der Waals surface area contributed by atoms with Crippen LogP contribution in [0.1, 0.15) is 33.5 Å². The van der Waals surface area contributed by atoms with Gasteiger partial charge in [0.25, 0.3) is 5.95 Å². The lowest BCUT2D eigenvalue weighted by molar-refractivity contribution is 0.346. The van der Waals surface area contributed by atoms with Gasteiger partial charge in [-0.3, -0.25) is 4.98 Å². The molecule has 0 aliphatic heterocycles. The smallest absolute Gasteiger partial charge is 0.290 e. The van der Waals surface area contributed by atoms with Gasteiger partial charge < -0.3 is 9.15 Å². The van der Waals surface area contributed by atoms with E-state index in [2.05, 4.69) is 109 Å². The van der Waals surface area contributed by atoms with Crippen molar-refractivity contribution in [1.82, 2.24) is 20.0 Å². The zero-order valence-corrected chi connectivity index (χ0v) is 24.3. The van der Waals surface area contributed by atoms with Crippen LogP contribution in [0.25, 0.3) is 28.1 Å². The van der Waals surface area contributed by atoms with E-state index in [1.807, 2.05) is 47.4 Å². The summed E-state index contributed by atoms with van der Waals surface area (Å²) in [5, 5.41) is 8.79. The predicted octanol–water partition coefficient (Wildman–Crippen LogP) is 8.69. The lowest BCUT2D eigenvalue weighted by Gasteiger charge is -2.32. The Labute approximate surface area is 255 Å². The summed E-state index contributed by atoms with van der Waals surface area (Å²) in [6.45, 7) is 4.14. The van der Waals surface area contributed by atoms with Gasteiger partial charge in [0, 0.05) is 17.8 Å². The van der Waals surface area contributed by atoms with Crippen LogP contribution in [0, 0.1) is 13.8 Å². The molecule has 7 aromatic rings. The molecule has 8 rings (SSSR count). The van der Waals surface area contributed by atoms with Crippen molar-refractivity contribution in [3.05, 3.63) is 167 Å². The van der Waals surface area contributed by atoms with E-state index in [0.717, 1.165) is 33.6 Å². The normalized spacial score (nSPS) is 13.0. The van der Waals surface area contributed by atoms with Crippen LogP contribution in [0.4, 0.5) is 0 Å². The number of rotatable bonds is 6. The van der Waals surface area contributed by atoms with Crippen molar-refractivity contribution in [2.75, 3.05) is 0 Å². The topological polar surface area (TPSA) is 66.0 Å². The van der Waals surface area contributed by atoms with Crippen molar-refractivity contribution in [2.24, 2.45) is 0 Å². The average molecular weight is 573 g/mol. The van der Waals surface area contributed by atoms with E-state index in [0.29, 0.717) is 17.4 Å². The summed E-state index contributed by atoms with van der Waals surface area (Å²) in [5.41, 5.74) is 11.0. The van der Waals surface area contributed by atoms with Crippen molar-refractivity contribution in [2.45, 2.75) is 19.3 Å². The Morgan fingerprint density at radius 1 is 0.727 bits per heavy atom. The number of benzene rings is 4. The van der Waals surface area contributed by atoms with Gasteiger partial charge in [0.2, 0.25) is 0 Å². The highest BCUT2D eigenvalue weighted by Gasteiger charge is 2.47. The minimum atomic E-state index is -0.603. The highest BCUT2D eigenvalue weighted by Crippen LogP contribution is 2.55. The number of furan rings is 1. The second kappa shape index (κ2) is 10.2. The molecular weight excluding hydrogens is 544 g/mol. The molecule has 3 heterocycles. The second-order valence-electron chi connectivity index (χ2n) is 11.1. The van der Waals surface area contributed by atoms with Crippen LogP contribution < -0.4 is 4.74 Å². The lowest BCUT2D eigenvalue weighted by atomic mass is 9.70. The molecule has 0 saturated carbocycles. The summed E-state index contributed by atoms with van der Waals surface area (Å²) < 4.78 is 14.0. The van der Waals surface area contributed by atoms with Crippen LogP contribution >= 0.6 is 0 Å². The molecule has 0 bridgehead atoms. The first-order valence-corrected chi connectivity index (χ1v) is 14.6. The van der Waals surface area contributed by atoms with Gasteiger partial charge >= 0.3 is 0 Å². The van der Waals surface area contributed by atoms with Crippen LogP contribution in [0.15, 0.2) is 138 Å². The Morgan fingerprint density at radius 2 is 1.43 bits per heavy atom. The number of nitrogens with zero attached hydrogens (tertiary/aromatic N) is 4. The molecule has 0 radical (unpaired) electrons. The molecule has 3 aromatic heterocycles. The fourth-order valence-electron chi connectivity index (χ4n) is 6.64. The van der Waals surface area contributed by atoms with Crippen LogP contribution in [0.5, 0.6) is 11.7 Å². The molecule has 1 aliphatic carbocycles. The van der Waals surface area contributed by atoms with Crippen molar-refractivity contribution in [1.29, 1.82) is 0 Å². The molecule has 0 saturated heterocycles. The highest BCUT2D eigenvalue weighted by molar-refractivity contribution is 5.85. The maximum Gasteiger partial charge on any atom is 0.290 e. The third-order valence-corrected chi connectivity index (χ3v) is 8.52. The lowest BCUT2D eigenvalue weighted by Crippen LogP contribution is -2.29. The minimum Gasteiger partial charge on any atom is -0.433 e. The van der Waals surface area contributed by atoms with Gasteiger partial charge in [-0.25, -0.2) is 4.68 Å². The first-order chi connectivity index (χ1) is 21.6. The SMILES string of the molecule is Cc1cccc(C)c1-n1cc(-c2coc(Oc3cccc(C4(c5ccccn5)c5ccccc5-c5ccccc54)c3)c2)nn1. The summed E-state index contributed by atoms with van der Waals surface area (Å²) in [7, 11) is 0. The zero-order chi connectivity index (χ0) is 29.7. The van der Waals surface area contributed by atoms with Crippen LogP contribution in [-0.4, -0.2) is 20.0 Å². The molecule has 0 unspecified atom stereocenters. The van der Waals surface area contributed by atoms with Crippen molar-refractivity contribution in [3.63, 3.8) is 0 Å². The maximum absolute atomic E-state index is 6.33. The zero-order valence-electron chi connectivity index (χ0n) is 24.3. The Morgan fingerprint density at radius 3 is 2.16 bits per heavy atom. The van der Waals surface area contributed by atoms with Crippen LogP contribution in [0.2, 0.25) is 0 Å². The number of hydrogen-bond acceptors (Lipinski definition) is 5. The van der Waals surface area contributed by atoms with Gasteiger partial charge in [0.15, 0.2) is 0 Å². The quantitative estimate of drug-likeness (QED) is 0.199. The monoisotopic (exact) mass is 572 g/mol. The molecule has 4 aromatic carbocycles. The Balaban J connectivity index is 1.17. The summed E-state index contributed by atoms with van der Waals surface area (Å²) in [6.07, 6.45) is 5.43. The van der Waals surface area contributed by atoms with E-state index in [1.54, 1.807) is 6.26 Å². The molecular formula is C38H28N4O2. The van der Waals surface area contributed by atoms with Crippen molar-refractivity contribution < 1.29 is 9.15 Å². The fraction of sp³-hybridized carbons (Fsp3) is 0.0789. The molecule has 212 valence electrons. The number of ether oxygens (including phenoxy) is 1. The molecule has 0 fully saturated rings. The molecule has 44 heavy (non-hydrogen) atoms. The number of aryl methyl sites for hydroxylation is 2. The molecule has 6 heteroatoms. The Hall–Kier alpha value is -5.75. The van der Waals surface area contributed by atoms with Crippen molar-refractivity contribution in [3.8, 4) is 39.8 Å². The van der Waals surface area contributed by atoms with E-state index in [-0.39, 0.29) is 0 Å². The van der Waals surface area contributed by atoms with Crippen molar-refractivity contribution >= 4 is 0 Å². The van der Waals surface area contributed by atoms with Gasteiger partial charge in [-0.1, -0.05) is 90.1 Å². The van der Waals surface area contributed by atoms with Gasteiger partial charge in [-0.2, -0.15) is 0 Å². The second-order valence-corrected chi connectivity index (χ2v) is 11.1. The standard InChI is InChI=1S/C38H28N4O2/c1-25-11-9-12-26(2)37(25)42-23-34(40-41-42)27-21-36(43-24-27)44-29-14-10-13-28(22-29)38(35-19-7-8-20-39-35)32-17-5-3-15-30(32)31-16-4-6-18-33(31)38/h3-24H,1-2H3. The molecule has 1 aliphatic rings. The van der Waals surface area contributed by atoms with Gasteiger partial charge in [0.05, 0.1) is 23.0 Å². The molecule has 0 amide bonds. The molecule has 6 nitrogen and oxygen atoms in total. The third-order valence-electron chi connectivity index (χ3n) is 8.52. The third kappa shape index (κ3) is 3.99. The van der Waals surface area contributed by atoms with E-state index in [1.165, 1.54) is 22.3 Å². The minimum absolute atomic E-state index is 0.373. The summed E-state index contributed by atoms with van der Waals surface area (Å²) in [5.74, 6) is 1.04. The first-order valence-electron chi connectivity index (χ1n) is 14.6. The molecule has 0 N–H and O–H groups in total. The summed E-state index contributed by atoms with van der Waals surface area (Å²) in [6, 6.07) is 39.6. The van der Waals surface area contributed by atoms with E-state index < -0.39 is 5.41 Å². The number of aromatic nitrogens is 4. The van der Waals surface area contributed by atoms with Gasteiger partial charge in [-0.05, 0) is 77.1 Å². The molecule has 0 spiro atoms. The van der Waals surface area contributed by atoms with E-state index in [9.17, 15) is 0 Å². The van der Waals surface area contributed by atoms with Crippen LogP contribution in [0.3, 0.4) is 0 Å². The average Bonchev–Trinajstić information content (AvgIpc) is 3.79. The highest BCUT2D eigenvalue weighted by atomic mass is 16.6. The first kappa shape index (κ1) is 25.9. The number of fused-ring (bicyclic) bond motifs is 3. The summed E-state index contributed by atoms with van der Waals surface area (Å²) in [4.78, 5) is 4.92. The summed E-state index contributed by atoms with van der Waals surface area (Å²) >= 11 is 0. The number of hydrogen-bond donors (Lipinski definition) is 0. The predicted molar refractivity (Wildman–Crippen MR) is 170 cm³/mol. The van der Waals surface area contributed by atoms with Gasteiger partial charge in [0.1, 0.15) is 17.7 Å². The fourth-order valence-corrected chi connectivity index (χ4v) is 6.64. The maximum atomic E-state index is 6.33. The van der Waals surface area contributed by atoms with Crippen LogP contribution in [-0.2, 0) is 5.41 Å². The number of pyridine rings is 1. The van der Waals surface area contributed by atoms with E-state index >= 15 is 0 Å². The van der Waals surface area contributed by atoms with E-state index in [4.69, 9.17) is 14.1 Å². The number of para-hydroxylation sites is 1. The van der Waals surface area contributed by atoms with Gasteiger partial charge in [-0.15, -0.1) is 5.10 Å².